The number of aliphatic carboxylic acids is 1. The maximum absolute atomic E-state index is 9.93. The Bertz CT molecular complexity index is 89.3. The van der Waals surface area contributed by atoms with Gasteiger partial charge in [-0.1, -0.05) is 0 Å². The summed E-state index contributed by atoms with van der Waals surface area (Å²) in [6.45, 7) is 0. The lowest BCUT2D eigenvalue weighted by atomic mass is 10.2. The van der Waals surface area contributed by atoms with Crippen LogP contribution < -0.4 is 5.73 Å². The lowest BCUT2D eigenvalue weighted by Gasteiger charge is -2.00. The van der Waals surface area contributed by atoms with Crippen LogP contribution in [0.25, 0.3) is 0 Å². The number of nitrogens with two attached hydrogens (primary N) is 1. The highest BCUT2D eigenvalue weighted by Gasteiger charge is 2.08. The lowest BCUT2D eigenvalue weighted by Crippen LogP contribution is -2.30. The van der Waals surface area contributed by atoms with Crippen molar-refractivity contribution in [2.24, 2.45) is 5.73 Å². The molecule has 0 amide bonds. The molecule has 10 heavy (non-hydrogen) atoms. The topological polar surface area (TPSA) is 104 Å². The van der Waals surface area contributed by atoms with Gasteiger partial charge in [-0.15, -0.1) is 0 Å². The van der Waals surface area contributed by atoms with Gasteiger partial charge in [-0.25, -0.2) is 0 Å². The van der Waals surface area contributed by atoms with Crippen LogP contribution in [0.15, 0.2) is 0 Å². The maximum atomic E-state index is 9.93. The van der Waals surface area contributed by atoms with Gasteiger partial charge in [0.2, 0.25) is 0 Å². The molecule has 1 atom stereocenters. The Hall–Kier alpha value is -0.300. The zero-order chi connectivity index (χ0) is 8.57. The van der Waals surface area contributed by atoms with Gasteiger partial charge in [-0.3, -0.25) is 15.3 Å². The Balaban J connectivity index is 0. The average molecular weight is 169 g/mol. The summed E-state index contributed by atoms with van der Waals surface area (Å²) in [7, 11) is 0. The second-order valence-corrected chi connectivity index (χ2v) is 1.90. The third-order valence-corrected chi connectivity index (χ3v) is 1.02. The van der Waals surface area contributed by atoms with Gasteiger partial charge in [0.15, 0.2) is 0 Å². The Labute approximate surface area is 63.8 Å². The summed E-state index contributed by atoms with van der Waals surface area (Å²) in [6, 6.07) is -0.743. The second kappa shape index (κ2) is 8.70. The van der Waals surface area contributed by atoms with Crippen molar-refractivity contribution >= 4 is 18.6 Å². The molecule has 0 bridgehead atoms. The van der Waals surface area contributed by atoms with Gasteiger partial charge in [0.1, 0.15) is 6.04 Å². The monoisotopic (exact) mass is 169 g/mol. The fourth-order valence-corrected chi connectivity index (χ4v) is 0.541. The predicted molar refractivity (Wildman–Crippen MR) is 39.3 cm³/mol. The highest BCUT2D eigenvalue weighted by molar-refractivity contribution is 7.80. The molecule has 0 saturated carbocycles. The van der Waals surface area contributed by atoms with Crippen molar-refractivity contribution in [2.75, 3.05) is 5.75 Å². The quantitative estimate of drug-likeness (QED) is 0.227. The zero-order valence-corrected chi connectivity index (χ0v) is 6.16. The van der Waals surface area contributed by atoms with Crippen LogP contribution in [0.4, 0.5) is 0 Å². The molecule has 0 aromatic heterocycles. The number of rotatable bonds is 3. The van der Waals surface area contributed by atoms with Crippen molar-refractivity contribution in [1.29, 1.82) is 0 Å². The standard InChI is InChI=1S/C4H9NO2S.H2O2/c5-3(1-2-8)4(6)7;1-2/h3,8H,1-2,5H2,(H,6,7);1-2H. The van der Waals surface area contributed by atoms with Gasteiger partial charge in [0, 0.05) is 0 Å². The van der Waals surface area contributed by atoms with E-state index in [9.17, 15) is 4.79 Å². The van der Waals surface area contributed by atoms with Crippen molar-refractivity contribution in [2.45, 2.75) is 12.5 Å². The Morgan fingerprint density at radius 2 is 2.00 bits per heavy atom. The summed E-state index contributed by atoms with van der Waals surface area (Å²) in [5, 5.41) is 20.2. The first-order valence-corrected chi connectivity index (χ1v) is 3.11. The first-order chi connectivity index (χ1) is 4.68. The van der Waals surface area contributed by atoms with Crippen molar-refractivity contribution < 1.29 is 20.4 Å². The van der Waals surface area contributed by atoms with E-state index in [0.29, 0.717) is 12.2 Å². The molecular formula is C4H11NO4S. The normalized spacial score (nSPS) is 11.2. The molecule has 0 aromatic carbocycles. The molecule has 0 rings (SSSR count). The largest absolute Gasteiger partial charge is 0.480 e. The molecule has 1 unspecified atom stereocenters. The average Bonchev–Trinajstić information content (AvgIpc) is 1.93. The van der Waals surface area contributed by atoms with E-state index >= 15 is 0 Å². The molecule has 0 saturated heterocycles. The minimum Gasteiger partial charge on any atom is -0.480 e. The Morgan fingerprint density at radius 3 is 2.10 bits per heavy atom. The van der Waals surface area contributed by atoms with E-state index < -0.39 is 12.0 Å². The van der Waals surface area contributed by atoms with E-state index in [4.69, 9.17) is 21.4 Å². The van der Waals surface area contributed by atoms with Gasteiger partial charge in [0.05, 0.1) is 0 Å². The molecule has 0 radical (unpaired) electrons. The van der Waals surface area contributed by atoms with Crippen LogP contribution in [0, 0.1) is 0 Å². The van der Waals surface area contributed by atoms with Gasteiger partial charge in [0.25, 0.3) is 0 Å². The van der Waals surface area contributed by atoms with E-state index in [-0.39, 0.29) is 0 Å². The van der Waals surface area contributed by atoms with Gasteiger partial charge < -0.3 is 10.8 Å². The van der Waals surface area contributed by atoms with Gasteiger partial charge >= 0.3 is 5.97 Å². The predicted octanol–water partition coefficient (Wildman–Crippen LogP) is -0.264. The molecule has 6 heteroatoms. The van der Waals surface area contributed by atoms with Crippen LogP contribution in [-0.4, -0.2) is 33.4 Å². The van der Waals surface area contributed by atoms with Crippen LogP contribution in [0.2, 0.25) is 0 Å². The highest BCUT2D eigenvalue weighted by atomic mass is 32.1. The molecule has 5 nitrogen and oxygen atoms in total. The molecule has 0 aliphatic heterocycles. The van der Waals surface area contributed by atoms with Crippen LogP contribution in [0.5, 0.6) is 0 Å². The maximum Gasteiger partial charge on any atom is 0.320 e. The zero-order valence-electron chi connectivity index (χ0n) is 5.27. The van der Waals surface area contributed by atoms with Crippen LogP contribution in [0.1, 0.15) is 6.42 Å². The molecular weight excluding hydrogens is 158 g/mol. The molecule has 0 aliphatic carbocycles. The smallest absolute Gasteiger partial charge is 0.320 e. The number of thiol groups is 1. The van der Waals surface area contributed by atoms with Crippen molar-refractivity contribution in [1.82, 2.24) is 0 Å². The third kappa shape index (κ3) is 7.70. The Morgan fingerprint density at radius 1 is 1.60 bits per heavy atom. The molecule has 0 spiro atoms. The fraction of sp³-hybridized carbons (Fsp3) is 0.750. The lowest BCUT2D eigenvalue weighted by molar-refractivity contribution is -0.176. The summed E-state index contributed by atoms with van der Waals surface area (Å²) in [6.07, 6.45) is 0.429. The fourth-order valence-electron chi connectivity index (χ4n) is 0.263. The molecule has 0 heterocycles. The van der Waals surface area contributed by atoms with Crippen molar-refractivity contribution in [3.63, 3.8) is 0 Å². The van der Waals surface area contributed by atoms with Crippen LogP contribution >= 0.6 is 12.6 Å². The molecule has 0 aromatic rings. The first kappa shape index (κ1) is 12.4. The molecule has 62 valence electrons. The number of hydrogen-bond donors (Lipinski definition) is 5. The minimum atomic E-state index is -0.959. The van der Waals surface area contributed by atoms with Crippen molar-refractivity contribution in [3.8, 4) is 0 Å². The van der Waals surface area contributed by atoms with E-state index in [1.165, 1.54) is 0 Å². The summed E-state index contributed by atoms with van der Waals surface area (Å²) in [4.78, 5) is 9.93. The summed E-state index contributed by atoms with van der Waals surface area (Å²) >= 11 is 3.81. The summed E-state index contributed by atoms with van der Waals surface area (Å²) in [5.74, 6) is -0.438. The second-order valence-electron chi connectivity index (χ2n) is 1.46. The summed E-state index contributed by atoms with van der Waals surface area (Å²) < 4.78 is 0. The molecule has 0 fully saturated rings. The number of carbonyl (C=O) groups is 1. The minimum absolute atomic E-state index is 0.429. The highest BCUT2D eigenvalue weighted by Crippen LogP contribution is 1.88. The van der Waals surface area contributed by atoms with E-state index in [1.54, 1.807) is 0 Å². The van der Waals surface area contributed by atoms with Crippen molar-refractivity contribution in [3.05, 3.63) is 0 Å². The molecule has 0 aliphatic rings. The SMILES string of the molecule is NC(CCS)C(=O)O.OO. The number of carboxylic acids is 1. The Kier molecular flexibility index (Phi) is 10.8. The number of hydrogen-bond acceptors (Lipinski definition) is 5. The molecule has 5 N–H and O–H groups in total. The first-order valence-electron chi connectivity index (χ1n) is 2.47. The number of carboxylic acid groups (broad SMARTS) is 1. The van der Waals surface area contributed by atoms with E-state index in [2.05, 4.69) is 12.6 Å². The van der Waals surface area contributed by atoms with E-state index in [1.807, 2.05) is 0 Å². The van der Waals surface area contributed by atoms with Crippen LogP contribution in [0.3, 0.4) is 0 Å². The summed E-state index contributed by atoms with van der Waals surface area (Å²) in [5.41, 5.74) is 5.08. The van der Waals surface area contributed by atoms with Gasteiger partial charge in [-0.2, -0.15) is 12.6 Å². The third-order valence-electron chi connectivity index (χ3n) is 0.757. The van der Waals surface area contributed by atoms with E-state index in [0.717, 1.165) is 0 Å². The van der Waals surface area contributed by atoms with Crippen LogP contribution in [-0.2, 0) is 4.79 Å². The van der Waals surface area contributed by atoms with Gasteiger partial charge in [-0.05, 0) is 12.2 Å².